The lowest BCUT2D eigenvalue weighted by Crippen LogP contribution is -2.72. The van der Waals surface area contributed by atoms with Crippen LogP contribution in [0.2, 0.25) is 0 Å². The van der Waals surface area contributed by atoms with Crippen molar-refractivity contribution in [1.29, 1.82) is 0 Å². The standard InChI is InChI=1S/C16H24N4O2S/c1-9(2)8-11-19-20-15(23-11)18-14(21)17-12-10-4-7-22-13(10)16(12)5-3-6-16/h9-10,12-13H,3-8H2,1-2H3,(H2,17,18,20,21)/t10-,12-,13-/m1/s1. The summed E-state index contributed by atoms with van der Waals surface area (Å²) in [7, 11) is 0. The van der Waals surface area contributed by atoms with Crippen LogP contribution < -0.4 is 10.6 Å². The average Bonchev–Trinajstić information content (AvgIpc) is 3.02. The van der Waals surface area contributed by atoms with Crippen LogP contribution >= 0.6 is 11.3 Å². The van der Waals surface area contributed by atoms with E-state index in [0.717, 1.165) is 24.5 Å². The Hall–Kier alpha value is -1.21. The molecule has 1 aromatic heterocycles. The first kappa shape index (κ1) is 15.3. The molecule has 126 valence electrons. The lowest BCUT2D eigenvalue weighted by atomic mass is 9.46. The van der Waals surface area contributed by atoms with E-state index in [1.165, 1.54) is 30.6 Å². The molecule has 1 aliphatic heterocycles. The fourth-order valence-electron chi connectivity index (χ4n) is 4.47. The number of amides is 2. The Morgan fingerprint density at radius 1 is 1.43 bits per heavy atom. The van der Waals surface area contributed by atoms with Crippen molar-refractivity contribution in [3.8, 4) is 0 Å². The first-order valence-corrected chi connectivity index (χ1v) is 9.42. The Balaban J connectivity index is 1.36. The molecule has 0 radical (unpaired) electrons. The van der Waals surface area contributed by atoms with Crippen LogP contribution in [0.15, 0.2) is 0 Å². The summed E-state index contributed by atoms with van der Waals surface area (Å²) in [4.78, 5) is 12.3. The van der Waals surface area contributed by atoms with Crippen molar-refractivity contribution in [2.75, 3.05) is 11.9 Å². The summed E-state index contributed by atoms with van der Waals surface area (Å²) >= 11 is 1.46. The zero-order valence-electron chi connectivity index (χ0n) is 13.7. The molecule has 2 N–H and O–H groups in total. The number of nitrogens with zero attached hydrogens (tertiary/aromatic N) is 2. The Bertz CT molecular complexity index is 599. The van der Waals surface area contributed by atoms with E-state index in [1.54, 1.807) is 0 Å². The van der Waals surface area contributed by atoms with Crippen molar-refractivity contribution in [3.63, 3.8) is 0 Å². The number of urea groups is 1. The second kappa shape index (κ2) is 5.70. The second-order valence-corrected chi connectivity index (χ2v) is 8.57. The number of carbonyl (C=O) groups is 1. The molecule has 0 unspecified atom stereocenters. The molecular formula is C16H24N4O2S. The van der Waals surface area contributed by atoms with E-state index in [1.807, 2.05) is 0 Å². The number of aromatic nitrogens is 2. The Morgan fingerprint density at radius 2 is 2.26 bits per heavy atom. The van der Waals surface area contributed by atoms with Crippen molar-refractivity contribution >= 4 is 22.5 Å². The Labute approximate surface area is 140 Å². The van der Waals surface area contributed by atoms with Crippen LogP contribution in [0.5, 0.6) is 0 Å². The number of anilines is 1. The van der Waals surface area contributed by atoms with E-state index in [4.69, 9.17) is 4.74 Å². The maximum atomic E-state index is 12.3. The van der Waals surface area contributed by atoms with Crippen LogP contribution in [-0.4, -0.2) is 35.0 Å². The number of nitrogens with one attached hydrogen (secondary N) is 2. The molecule has 3 fully saturated rings. The van der Waals surface area contributed by atoms with Gasteiger partial charge in [0.25, 0.3) is 0 Å². The molecule has 7 heteroatoms. The lowest BCUT2D eigenvalue weighted by Gasteiger charge is -2.63. The number of ether oxygens (including phenoxy) is 1. The third-order valence-electron chi connectivity index (χ3n) is 5.59. The van der Waals surface area contributed by atoms with Gasteiger partial charge in [0.2, 0.25) is 5.13 Å². The van der Waals surface area contributed by atoms with Gasteiger partial charge in [-0.3, -0.25) is 5.32 Å². The maximum Gasteiger partial charge on any atom is 0.321 e. The van der Waals surface area contributed by atoms with Crippen LogP contribution in [0, 0.1) is 17.3 Å². The van der Waals surface area contributed by atoms with Crippen LogP contribution in [0.25, 0.3) is 0 Å². The summed E-state index contributed by atoms with van der Waals surface area (Å²) in [5, 5.41) is 15.8. The molecule has 2 heterocycles. The van der Waals surface area contributed by atoms with E-state index in [2.05, 4.69) is 34.7 Å². The molecule has 3 aliphatic rings. The van der Waals surface area contributed by atoms with Crippen LogP contribution in [0.1, 0.15) is 44.5 Å². The highest BCUT2D eigenvalue weighted by Crippen LogP contribution is 2.62. The van der Waals surface area contributed by atoms with Crippen LogP contribution in [0.3, 0.4) is 0 Å². The van der Waals surface area contributed by atoms with Gasteiger partial charge in [-0.1, -0.05) is 31.6 Å². The molecule has 1 aromatic rings. The molecule has 0 bridgehead atoms. The van der Waals surface area contributed by atoms with Gasteiger partial charge in [0, 0.05) is 30.4 Å². The van der Waals surface area contributed by atoms with E-state index < -0.39 is 0 Å². The van der Waals surface area contributed by atoms with Crippen molar-refractivity contribution in [1.82, 2.24) is 15.5 Å². The summed E-state index contributed by atoms with van der Waals surface area (Å²) in [6.45, 7) is 5.14. The summed E-state index contributed by atoms with van der Waals surface area (Å²) < 4.78 is 5.89. The number of hydrogen-bond donors (Lipinski definition) is 2. The largest absolute Gasteiger partial charge is 0.377 e. The molecule has 2 amide bonds. The Kier molecular flexibility index (Phi) is 3.80. The van der Waals surface area contributed by atoms with Gasteiger partial charge < -0.3 is 10.1 Å². The van der Waals surface area contributed by atoms with Gasteiger partial charge in [0.05, 0.1) is 6.10 Å². The molecule has 23 heavy (non-hydrogen) atoms. The van der Waals surface area contributed by atoms with E-state index in [-0.39, 0.29) is 17.5 Å². The minimum atomic E-state index is -0.154. The van der Waals surface area contributed by atoms with Crippen molar-refractivity contribution in [3.05, 3.63) is 5.01 Å². The first-order valence-electron chi connectivity index (χ1n) is 8.60. The van der Waals surface area contributed by atoms with Crippen LogP contribution in [-0.2, 0) is 11.2 Å². The highest BCUT2D eigenvalue weighted by molar-refractivity contribution is 7.15. The SMILES string of the molecule is CC(C)Cc1nnc(NC(=O)N[C@@H]2[C@H]3CCO[C@H]3C23CCC3)s1. The molecule has 1 spiro atoms. The topological polar surface area (TPSA) is 76.1 Å². The normalized spacial score (nSPS) is 30.7. The van der Waals surface area contributed by atoms with Gasteiger partial charge >= 0.3 is 6.03 Å². The fraction of sp³-hybridized carbons (Fsp3) is 0.812. The Morgan fingerprint density at radius 3 is 2.96 bits per heavy atom. The molecule has 2 aliphatic carbocycles. The van der Waals surface area contributed by atoms with Gasteiger partial charge in [0.1, 0.15) is 5.01 Å². The zero-order valence-corrected chi connectivity index (χ0v) is 14.5. The average molecular weight is 336 g/mol. The van der Waals surface area contributed by atoms with E-state index in [0.29, 0.717) is 23.1 Å². The van der Waals surface area contributed by atoms with Gasteiger partial charge in [-0.2, -0.15) is 0 Å². The van der Waals surface area contributed by atoms with Gasteiger partial charge in [0.15, 0.2) is 0 Å². The van der Waals surface area contributed by atoms with E-state index >= 15 is 0 Å². The third-order valence-corrected chi connectivity index (χ3v) is 6.45. The predicted octanol–water partition coefficient (Wildman–Crippen LogP) is 2.82. The second-order valence-electron chi connectivity index (χ2n) is 7.51. The molecule has 4 rings (SSSR count). The monoisotopic (exact) mass is 336 g/mol. The molecule has 3 atom stereocenters. The van der Waals surface area contributed by atoms with Crippen molar-refractivity contribution in [2.45, 2.75) is 58.1 Å². The molecule has 1 saturated heterocycles. The predicted molar refractivity (Wildman–Crippen MR) is 88.5 cm³/mol. The van der Waals surface area contributed by atoms with Gasteiger partial charge in [-0.25, -0.2) is 4.79 Å². The number of carbonyl (C=O) groups excluding carboxylic acids is 1. The quantitative estimate of drug-likeness (QED) is 0.886. The lowest BCUT2D eigenvalue weighted by molar-refractivity contribution is -0.171. The molecular weight excluding hydrogens is 312 g/mol. The highest BCUT2D eigenvalue weighted by atomic mass is 32.1. The zero-order chi connectivity index (χ0) is 16.0. The molecule has 6 nitrogen and oxygen atoms in total. The van der Waals surface area contributed by atoms with E-state index in [9.17, 15) is 4.79 Å². The molecule has 2 saturated carbocycles. The fourth-order valence-corrected chi connectivity index (χ4v) is 5.41. The van der Waals surface area contributed by atoms with Crippen LogP contribution in [0.4, 0.5) is 9.93 Å². The summed E-state index contributed by atoms with van der Waals surface area (Å²) in [6.07, 6.45) is 5.94. The minimum Gasteiger partial charge on any atom is -0.377 e. The van der Waals surface area contributed by atoms with Gasteiger partial charge in [-0.15, -0.1) is 10.2 Å². The third kappa shape index (κ3) is 2.54. The van der Waals surface area contributed by atoms with Crippen molar-refractivity contribution in [2.24, 2.45) is 17.3 Å². The smallest absolute Gasteiger partial charge is 0.321 e. The highest BCUT2D eigenvalue weighted by Gasteiger charge is 2.67. The first-order chi connectivity index (χ1) is 11.1. The number of fused-ring (bicyclic) bond motifs is 2. The summed E-state index contributed by atoms with van der Waals surface area (Å²) in [5.74, 6) is 1.03. The summed E-state index contributed by atoms with van der Waals surface area (Å²) in [5.41, 5.74) is 0.211. The molecule has 0 aromatic carbocycles. The minimum absolute atomic E-state index is 0.154. The van der Waals surface area contributed by atoms with Gasteiger partial charge in [-0.05, 0) is 25.2 Å². The van der Waals surface area contributed by atoms with Crippen molar-refractivity contribution < 1.29 is 9.53 Å². The summed E-state index contributed by atoms with van der Waals surface area (Å²) in [6, 6.07) is 0.102. The number of hydrogen-bond acceptors (Lipinski definition) is 5. The maximum absolute atomic E-state index is 12.3. The number of rotatable bonds is 4.